The summed E-state index contributed by atoms with van der Waals surface area (Å²) < 4.78 is 5.53. The number of anilines is 1. The molecule has 4 nitrogen and oxygen atoms in total. The molecule has 0 fully saturated rings. The number of nitrogens with one attached hydrogen (secondary N) is 1. The standard InChI is InChI=1S/C14H25N3OS/c1-12(2)18-13-8-10-16-14(17-13)15-9-6-4-5-7-11-19-3/h8,10,12H,4-7,9,11H2,1-3H3,(H,15,16,17). The number of nitrogens with zero attached hydrogens (tertiary/aromatic N) is 2. The van der Waals surface area contributed by atoms with E-state index in [1.165, 1.54) is 25.0 Å². The molecule has 0 saturated carbocycles. The summed E-state index contributed by atoms with van der Waals surface area (Å²) in [7, 11) is 0. The van der Waals surface area contributed by atoms with Gasteiger partial charge in [0.2, 0.25) is 11.8 Å². The fourth-order valence-corrected chi connectivity index (χ4v) is 2.15. The van der Waals surface area contributed by atoms with Crippen LogP contribution >= 0.6 is 11.8 Å². The fourth-order valence-electron chi connectivity index (χ4n) is 1.66. The molecule has 0 aliphatic carbocycles. The lowest BCUT2D eigenvalue weighted by molar-refractivity contribution is 0.232. The Labute approximate surface area is 120 Å². The number of thioether (sulfide) groups is 1. The van der Waals surface area contributed by atoms with Crippen molar-refractivity contribution in [2.75, 3.05) is 23.9 Å². The highest BCUT2D eigenvalue weighted by Crippen LogP contribution is 2.10. The van der Waals surface area contributed by atoms with Gasteiger partial charge in [0.25, 0.3) is 0 Å². The summed E-state index contributed by atoms with van der Waals surface area (Å²) in [6.45, 7) is 4.90. The van der Waals surface area contributed by atoms with Gasteiger partial charge in [-0.2, -0.15) is 16.7 Å². The van der Waals surface area contributed by atoms with E-state index >= 15 is 0 Å². The van der Waals surface area contributed by atoms with E-state index in [2.05, 4.69) is 21.5 Å². The Morgan fingerprint density at radius 2 is 2.05 bits per heavy atom. The molecule has 0 radical (unpaired) electrons. The second-order valence-corrected chi connectivity index (χ2v) is 5.70. The highest BCUT2D eigenvalue weighted by molar-refractivity contribution is 7.98. The van der Waals surface area contributed by atoms with Gasteiger partial charge in [-0.1, -0.05) is 12.8 Å². The van der Waals surface area contributed by atoms with Crippen molar-refractivity contribution in [3.63, 3.8) is 0 Å². The Hall–Kier alpha value is -0.970. The number of hydrogen-bond donors (Lipinski definition) is 1. The quantitative estimate of drug-likeness (QED) is 0.665. The highest BCUT2D eigenvalue weighted by Gasteiger charge is 2.01. The van der Waals surface area contributed by atoms with Crippen LogP contribution in [-0.4, -0.2) is 34.6 Å². The Morgan fingerprint density at radius 1 is 1.26 bits per heavy atom. The van der Waals surface area contributed by atoms with Crippen LogP contribution in [0.4, 0.5) is 5.95 Å². The molecule has 0 aliphatic heterocycles. The SMILES string of the molecule is CSCCCCCCNc1nccc(OC(C)C)n1. The van der Waals surface area contributed by atoms with Crippen molar-refractivity contribution >= 4 is 17.7 Å². The largest absolute Gasteiger partial charge is 0.475 e. The highest BCUT2D eigenvalue weighted by atomic mass is 32.2. The predicted octanol–water partition coefficient (Wildman–Crippen LogP) is 3.60. The van der Waals surface area contributed by atoms with E-state index in [4.69, 9.17) is 4.74 Å². The Bertz CT molecular complexity index is 347. The summed E-state index contributed by atoms with van der Waals surface area (Å²) in [5, 5.41) is 3.24. The van der Waals surface area contributed by atoms with Gasteiger partial charge in [0, 0.05) is 18.8 Å². The molecule has 108 valence electrons. The van der Waals surface area contributed by atoms with E-state index in [0.717, 1.165) is 13.0 Å². The van der Waals surface area contributed by atoms with E-state index in [0.29, 0.717) is 11.8 Å². The van der Waals surface area contributed by atoms with Crippen LogP contribution in [0, 0.1) is 0 Å². The summed E-state index contributed by atoms with van der Waals surface area (Å²) in [6, 6.07) is 1.79. The second kappa shape index (κ2) is 9.89. The molecule has 1 aromatic heterocycles. The molecule has 1 rings (SSSR count). The fraction of sp³-hybridized carbons (Fsp3) is 0.714. The van der Waals surface area contributed by atoms with Gasteiger partial charge in [-0.3, -0.25) is 0 Å². The molecule has 0 aliphatic rings. The second-order valence-electron chi connectivity index (χ2n) is 4.72. The van der Waals surface area contributed by atoms with E-state index < -0.39 is 0 Å². The summed E-state index contributed by atoms with van der Waals surface area (Å²) >= 11 is 1.92. The minimum atomic E-state index is 0.138. The van der Waals surface area contributed by atoms with Crippen molar-refractivity contribution in [2.24, 2.45) is 0 Å². The number of rotatable bonds is 10. The molecule has 0 aromatic carbocycles. The minimum Gasteiger partial charge on any atom is -0.475 e. The smallest absolute Gasteiger partial charge is 0.225 e. The lowest BCUT2D eigenvalue weighted by Crippen LogP contribution is -2.10. The Balaban J connectivity index is 2.18. The van der Waals surface area contributed by atoms with Crippen LogP contribution in [-0.2, 0) is 0 Å². The number of ether oxygens (including phenoxy) is 1. The Morgan fingerprint density at radius 3 is 2.79 bits per heavy atom. The van der Waals surface area contributed by atoms with E-state index in [1.54, 1.807) is 12.3 Å². The van der Waals surface area contributed by atoms with Gasteiger partial charge < -0.3 is 10.1 Å². The monoisotopic (exact) mass is 283 g/mol. The van der Waals surface area contributed by atoms with Gasteiger partial charge >= 0.3 is 0 Å². The van der Waals surface area contributed by atoms with Gasteiger partial charge in [0.15, 0.2) is 0 Å². The predicted molar refractivity (Wildman–Crippen MR) is 83.1 cm³/mol. The molecule has 0 spiro atoms. The maximum atomic E-state index is 5.53. The van der Waals surface area contributed by atoms with Crippen molar-refractivity contribution in [1.29, 1.82) is 0 Å². The maximum absolute atomic E-state index is 5.53. The van der Waals surface area contributed by atoms with Crippen molar-refractivity contribution in [1.82, 2.24) is 9.97 Å². The van der Waals surface area contributed by atoms with Crippen molar-refractivity contribution in [3.8, 4) is 5.88 Å². The third-order valence-electron chi connectivity index (χ3n) is 2.54. The molecular formula is C14H25N3OS. The van der Waals surface area contributed by atoms with E-state index in [-0.39, 0.29) is 6.10 Å². The Kier molecular flexibility index (Phi) is 8.38. The molecule has 0 bridgehead atoms. The number of unbranched alkanes of at least 4 members (excludes halogenated alkanes) is 3. The van der Waals surface area contributed by atoms with Gasteiger partial charge in [0.05, 0.1) is 6.10 Å². The van der Waals surface area contributed by atoms with Crippen LogP contribution < -0.4 is 10.1 Å². The minimum absolute atomic E-state index is 0.138. The van der Waals surface area contributed by atoms with Gasteiger partial charge in [-0.05, 0) is 38.7 Å². The zero-order chi connectivity index (χ0) is 13.9. The van der Waals surface area contributed by atoms with Crippen LogP contribution in [0.2, 0.25) is 0 Å². The molecule has 19 heavy (non-hydrogen) atoms. The third kappa shape index (κ3) is 7.93. The molecule has 1 aromatic rings. The van der Waals surface area contributed by atoms with Crippen LogP contribution in [0.3, 0.4) is 0 Å². The molecule has 0 saturated heterocycles. The van der Waals surface area contributed by atoms with E-state index in [1.807, 2.05) is 25.6 Å². The summed E-state index contributed by atoms with van der Waals surface area (Å²) in [5.41, 5.74) is 0. The maximum Gasteiger partial charge on any atom is 0.225 e. The lowest BCUT2D eigenvalue weighted by atomic mass is 10.2. The zero-order valence-corrected chi connectivity index (χ0v) is 13.0. The van der Waals surface area contributed by atoms with E-state index in [9.17, 15) is 0 Å². The summed E-state index contributed by atoms with van der Waals surface area (Å²) in [4.78, 5) is 8.50. The van der Waals surface area contributed by atoms with Crippen LogP contribution in [0.15, 0.2) is 12.3 Å². The van der Waals surface area contributed by atoms with Crippen LogP contribution in [0.1, 0.15) is 39.5 Å². The summed E-state index contributed by atoms with van der Waals surface area (Å²) in [5.74, 6) is 2.56. The molecule has 0 unspecified atom stereocenters. The van der Waals surface area contributed by atoms with Crippen molar-refractivity contribution < 1.29 is 4.74 Å². The molecule has 1 heterocycles. The first-order valence-electron chi connectivity index (χ1n) is 6.95. The lowest BCUT2D eigenvalue weighted by Gasteiger charge is -2.10. The van der Waals surface area contributed by atoms with Gasteiger partial charge in [-0.15, -0.1) is 0 Å². The van der Waals surface area contributed by atoms with Crippen LogP contribution in [0.25, 0.3) is 0 Å². The first-order valence-corrected chi connectivity index (χ1v) is 8.34. The van der Waals surface area contributed by atoms with Crippen molar-refractivity contribution in [3.05, 3.63) is 12.3 Å². The first-order chi connectivity index (χ1) is 9.22. The molecule has 5 heteroatoms. The third-order valence-corrected chi connectivity index (χ3v) is 3.24. The van der Waals surface area contributed by atoms with Gasteiger partial charge in [0.1, 0.15) is 0 Å². The van der Waals surface area contributed by atoms with Gasteiger partial charge in [-0.25, -0.2) is 4.98 Å². The molecular weight excluding hydrogens is 258 g/mol. The summed E-state index contributed by atoms with van der Waals surface area (Å²) in [6.07, 6.45) is 9.06. The topological polar surface area (TPSA) is 47.0 Å². The average Bonchev–Trinajstić information content (AvgIpc) is 2.37. The molecule has 0 amide bonds. The zero-order valence-electron chi connectivity index (χ0n) is 12.2. The first kappa shape index (κ1) is 16.1. The molecule has 1 N–H and O–H groups in total. The normalized spacial score (nSPS) is 10.7. The van der Waals surface area contributed by atoms with Crippen LogP contribution in [0.5, 0.6) is 5.88 Å². The average molecular weight is 283 g/mol. The molecule has 0 atom stereocenters. The number of hydrogen-bond acceptors (Lipinski definition) is 5. The van der Waals surface area contributed by atoms with Crippen molar-refractivity contribution in [2.45, 2.75) is 45.6 Å². The number of aromatic nitrogens is 2.